The van der Waals surface area contributed by atoms with Gasteiger partial charge in [0.05, 0.1) is 45.6 Å². The van der Waals surface area contributed by atoms with E-state index in [1.165, 1.54) is 371 Å². The molecule has 4 aliphatic rings. The molecule has 8 nitrogen and oxygen atoms in total. The molecule has 0 amide bonds. The van der Waals surface area contributed by atoms with Gasteiger partial charge in [-0.05, 0) is 260 Å². The Morgan fingerprint density at radius 2 is 0.380 bits per heavy atom. The molecule has 16 bridgehead atoms. The first-order valence-corrected chi connectivity index (χ1v) is 61.8. The SMILES string of the molecule is CCCCCCC(CCCCCC)c1cc(C)c(-c2c3ccc([n-]3)c(C(CCCCCC)CCCCCC)c3nc(c(-c4ccc(C#Cc5ccc(-[13c]6c7nc(c(C(CCCCCC)CCCCCC)c8ccc([n-]8)c(C(CCCCCC)CCCCCC)c8ccc([n-]8)c(C(CCCCCC)CCCCCC)c8nc6C=C8)C=C7)cc5)cc4)c4nc(c(C(CCCCCC)CCCCCC)c5ccc2[n-]5)C=C4)C=C3)c(C)c1.[Zn+2].[Zn+2]. The monoisotopic (exact) mass is 2120 g/mol. The summed E-state index contributed by atoms with van der Waals surface area (Å²) in [5.74, 6) is 9.47. The van der Waals surface area contributed by atoms with E-state index in [9.17, 15) is 0 Å². The Morgan fingerprint density at radius 1 is 0.193 bits per heavy atom. The Balaban J connectivity index is 0.0000107. The van der Waals surface area contributed by atoms with Gasteiger partial charge in [-0.25, -0.2) is 19.9 Å². The molecule has 0 atom stereocenters. The number of benzene rings is 3. The van der Waals surface area contributed by atoms with E-state index in [0.29, 0.717) is 23.7 Å². The van der Waals surface area contributed by atoms with Gasteiger partial charge in [-0.2, -0.15) is 0 Å². The van der Waals surface area contributed by atoms with E-state index in [-0.39, 0.29) is 50.8 Å². The van der Waals surface area contributed by atoms with Gasteiger partial charge in [0.15, 0.2) is 0 Å². The molecule has 0 fully saturated rings. The smallest absolute Gasteiger partial charge is 0.657 e. The number of aromatic nitrogens is 8. The third kappa shape index (κ3) is 35.1. The molecule has 0 N–H and O–H groups in total. The zero-order valence-electron chi connectivity index (χ0n) is 96.9. The minimum Gasteiger partial charge on any atom is -0.657 e. The summed E-state index contributed by atoms with van der Waals surface area (Å²) in [6.45, 7) is 32.9. The van der Waals surface area contributed by atoms with E-state index in [4.69, 9.17) is 39.9 Å². The van der Waals surface area contributed by atoms with Crippen LogP contribution in [-0.2, 0) is 39.0 Å². The van der Waals surface area contributed by atoms with Gasteiger partial charge in [-0.1, -0.05) is 494 Å². The minimum absolute atomic E-state index is 0. The Kier molecular flexibility index (Phi) is 54.8. The molecular formula is C140H194N8Zn2. The van der Waals surface area contributed by atoms with Gasteiger partial charge in [0, 0.05) is 22.3 Å². The van der Waals surface area contributed by atoms with Crippen molar-refractivity contribution in [1.82, 2.24) is 39.9 Å². The molecule has 9 aromatic rings. The topological polar surface area (TPSA) is 108 Å². The average Bonchev–Trinajstić information content (AvgIpc) is 1.60. The molecular weight excluding hydrogens is 1930 g/mol. The van der Waals surface area contributed by atoms with E-state index < -0.39 is 0 Å². The van der Waals surface area contributed by atoms with Crippen molar-refractivity contribution < 1.29 is 39.0 Å². The van der Waals surface area contributed by atoms with Gasteiger partial charge < -0.3 is 19.9 Å². The fraction of sp³-hybridized carbons (Fsp3) is 0.571. The van der Waals surface area contributed by atoms with Crippen LogP contribution in [0.2, 0.25) is 0 Å². The summed E-state index contributed by atoms with van der Waals surface area (Å²) >= 11 is 0. The number of rotatable bonds is 69. The number of hydrogen-bond donors (Lipinski definition) is 0. The Labute approximate surface area is 937 Å². The van der Waals surface area contributed by atoms with Crippen LogP contribution in [0.3, 0.4) is 0 Å². The second kappa shape index (κ2) is 67.5. The Bertz CT molecular complexity index is 5730. The van der Waals surface area contributed by atoms with Crippen LogP contribution in [0.5, 0.6) is 0 Å². The molecule has 10 heterocycles. The predicted molar refractivity (Wildman–Crippen MR) is 647 cm³/mol. The summed E-state index contributed by atoms with van der Waals surface area (Å²) in [6, 6.07) is 42.4. The molecule has 0 spiro atoms. The van der Waals surface area contributed by atoms with Gasteiger partial charge >= 0.3 is 39.0 Å². The van der Waals surface area contributed by atoms with Crippen molar-refractivity contribution in [2.75, 3.05) is 0 Å². The van der Waals surface area contributed by atoms with Crippen molar-refractivity contribution in [3.05, 3.63) is 210 Å². The summed E-state index contributed by atoms with van der Waals surface area (Å²) in [5.41, 5.74) is 35.7. The molecule has 0 aliphatic carbocycles. The minimum atomic E-state index is 0. The van der Waals surface area contributed by atoms with Gasteiger partial charge in [-0.3, -0.25) is 0 Å². The molecule has 13 rings (SSSR count). The third-order valence-corrected chi connectivity index (χ3v) is 33.3. The van der Waals surface area contributed by atoms with Crippen molar-refractivity contribution in [2.24, 2.45) is 0 Å². The van der Waals surface area contributed by atoms with Gasteiger partial charge in [0.2, 0.25) is 0 Å². The van der Waals surface area contributed by atoms with Crippen LogP contribution in [0.25, 0.3) is 126 Å². The number of hydrogen-bond acceptors (Lipinski definition) is 4. The summed E-state index contributed by atoms with van der Waals surface area (Å²) in [5, 5.41) is 0. The number of nitrogens with zero attached hydrogens (tertiary/aromatic N) is 8. The van der Waals surface area contributed by atoms with Crippen LogP contribution < -0.4 is 19.9 Å². The van der Waals surface area contributed by atoms with Crippen LogP contribution >= 0.6 is 0 Å². The second-order valence-corrected chi connectivity index (χ2v) is 45.2. The zero-order valence-corrected chi connectivity index (χ0v) is 103. The van der Waals surface area contributed by atoms with E-state index in [2.05, 4.69) is 267 Å². The van der Waals surface area contributed by atoms with E-state index >= 15 is 0 Å². The first-order valence-electron chi connectivity index (χ1n) is 61.8. The second-order valence-electron chi connectivity index (χ2n) is 45.2. The molecule has 0 saturated heterocycles. The fourth-order valence-corrected chi connectivity index (χ4v) is 24.9. The van der Waals surface area contributed by atoms with Crippen molar-refractivity contribution in [2.45, 2.75) is 518 Å². The Hall–Kier alpha value is -8.33. The molecule has 0 radical (unpaired) electrons. The average molecular weight is 2120 g/mol. The summed E-state index contributed by atoms with van der Waals surface area (Å²) in [4.78, 5) is 48.2. The van der Waals surface area contributed by atoms with Gasteiger partial charge in [-0.15, -0.1) is 44.1 Å². The first kappa shape index (κ1) is 122. The van der Waals surface area contributed by atoms with Gasteiger partial charge in [0.25, 0.3) is 0 Å². The molecule has 6 aromatic heterocycles. The van der Waals surface area contributed by atoms with Crippen LogP contribution in [0.15, 0.2) is 109 Å². The van der Waals surface area contributed by atoms with Crippen molar-refractivity contribution in [1.29, 1.82) is 0 Å². The summed E-state index contributed by atoms with van der Waals surface area (Å²) in [6.07, 6.45) is 91.7. The third-order valence-electron chi connectivity index (χ3n) is 33.3. The predicted octanol–water partition coefficient (Wildman–Crippen LogP) is 43.3. The summed E-state index contributed by atoms with van der Waals surface area (Å²) < 4.78 is 0. The largest absolute Gasteiger partial charge is 2.00 e. The molecule has 0 saturated carbocycles. The molecule has 150 heavy (non-hydrogen) atoms. The van der Waals surface area contributed by atoms with E-state index in [1.54, 1.807) is 0 Å². The molecule has 0 unspecified atom stereocenters. The maximum Gasteiger partial charge on any atom is 2.00 e. The molecule has 3 aromatic carbocycles. The maximum absolute atomic E-state index is 6.05. The summed E-state index contributed by atoms with van der Waals surface area (Å²) in [7, 11) is 0. The fourth-order valence-electron chi connectivity index (χ4n) is 24.9. The maximum atomic E-state index is 6.05. The molecule has 798 valence electrons. The van der Waals surface area contributed by atoms with Crippen molar-refractivity contribution in [3.8, 4) is 45.2 Å². The number of fused-ring (bicyclic) bond motifs is 16. The number of aryl methyl sites for hydroxylation is 2. The first-order chi connectivity index (χ1) is 72.8. The van der Waals surface area contributed by atoms with Crippen molar-refractivity contribution in [3.63, 3.8) is 0 Å². The van der Waals surface area contributed by atoms with Crippen molar-refractivity contribution >= 4 is 92.7 Å². The zero-order chi connectivity index (χ0) is 104. The normalized spacial score (nSPS) is 12.3. The van der Waals surface area contributed by atoms with E-state index in [1.807, 2.05) is 0 Å². The van der Waals surface area contributed by atoms with E-state index in [0.717, 1.165) is 193 Å². The van der Waals surface area contributed by atoms with Crippen LogP contribution in [0.1, 0.15) is 605 Å². The molecule has 10 heteroatoms. The Morgan fingerprint density at radius 3 is 0.600 bits per heavy atom. The molecule has 4 aliphatic heterocycles. The van der Waals surface area contributed by atoms with Crippen LogP contribution in [0, 0.1) is 25.7 Å². The van der Waals surface area contributed by atoms with Crippen LogP contribution in [-0.4, -0.2) is 19.9 Å². The standard InChI is InChI=1S/C140H194N8.2Zn/c1-15-27-39-51-63-107(64-52-40-28-16-2)115-101-103(13)132(104(14)102-115)140-130-99-97-124(147-130)136(111(71-59-47-35-23-9)72-60-48-36-24-10)122-91-95-128(145-122)139(129-96-92-123(146-129)137(125-98-100-131(140)148-125)112(73-61-49-37-25-11)74-62-50-38-26-12)114-83-79-106(80-84-114)76-75-105-77-81-113(82-78-105)138-126-93-89-120(143-126)134(109(67-55-43-31-19-5)68-56-44-32-20-6)118-87-85-116(141-118)133(108(65-53-41-29-17-3)66-54-42-30-18-4)117-86-88-119(142-117)135(121-90-94-127(138)144-121)110(69-57-45-33-21-7)70-58-46-34-22-8;;/h77-102,107-112H,15-74H2,1-14H3;;/q-4;2*+2/i138+1;;. The number of unbranched alkanes of at least 4 members (excludes halogenated alkanes) is 36. The quantitative estimate of drug-likeness (QED) is 0.0211. The van der Waals surface area contributed by atoms with Gasteiger partial charge in [0.1, 0.15) is 0 Å². The van der Waals surface area contributed by atoms with Crippen LogP contribution in [0.4, 0.5) is 0 Å².